The molecular formula is C20H27N3O3S2. The van der Waals surface area contributed by atoms with Crippen LogP contribution in [0.1, 0.15) is 38.5 Å². The Kier molecular flexibility index (Phi) is 8.09. The van der Waals surface area contributed by atoms with Gasteiger partial charge in [-0.05, 0) is 31.4 Å². The van der Waals surface area contributed by atoms with Crippen LogP contribution in [0.5, 0.6) is 0 Å². The van der Waals surface area contributed by atoms with E-state index in [2.05, 4.69) is 16.0 Å². The van der Waals surface area contributed by atoms with Crippen molar-refractivity contribution in [3.63, 3.8) is 0 Å². The molecule has 8 heteroatoms. The highest BCUT2D eigenvalue weighted by atomic mass is 32.2. The number of hydrogen-bond acceptors (Lipinski definition) is 5. The van der Waals surface area contributed by atoms with Crippen LogP contribution in [0.2, 0.25) is 0 Å². The minimum atomic E-state index is -0.0553. The summed E-state index contributed by atoms with van der Waals surface area (Å²) in [6.45, 7) is 0.542. The lowest BCUT2D eigenvalue weighted by Crippen LogP contribution is -2.36. The second-order valence-electron chi connectivity index (χ2n) is 7.11. The van der Waals surface area contributed by atoms with Crippen LogP contribution in [0.4, 0.5) is 4.79 Å². The van der Waals surface area contributed by atoms with Crippen molar-refractivity contribution in [1.29, 1.82) is 0 Å². The second kappa shape index (κ2) is 10.8. The van der Waals surface area contributed by atoms with E-state index in [1.54, 1.807) is 0 Å². The Bertz CT molecular complexity index is 687. The summed E-state index contributed by atoms with van der Waals surface area (Å²) in [6.07, 6.45) is 4.50. The lowest BCUT2D eigenvalue weighted by molar-refractivity contribution is -0.121. The van der Waals surface area contributed by atoms with Gasteiger partial charge in [0.25, 0.3) is 0 Å². The molecule has 2 aliphatic heterocycles. The predicted octanol–water partition coefficient (Wildman–Crippen LogP) is 2.93. The Hall–Kier alpha value is -1.67. The van der Waals surface area contributed by atoms with Gasteiger partial charge in [-0.25, -0.2) is 4.79 Å². The number of urea groups is 1. The fourth-order valence-corrected chi connectivity index (χ4v) is 5.84. The highest BCUT2D eigenvalue weighted by molar-refractivity contribution is 8.13. The topological polar surface area (TPSA) is 87.3 Å². The van der Waals surface area contributed by atoms with Gasteiger partial charge in [0.15, 0.2) is 5.12 Å². The first-order valence-electron chi connectivity index (χ1n) is 9.83. The maximum Gasteiger partial charge on any atom is 0.315 e. The fraction of sp³-hybridized carbons (Fsp3) is 0.550. The number of hydrogen-bond donors (Lipinski definition) is 3. The normalized spacial score (nSPS) is 23.0. The number of fused-ring (bicyclic) bond motifs is 1. The first-order chi connectivity index (χ1) is 13.6. The molecule has 2 unspecified atom stereocenters. The molecule has 0 aromatic heterocycles. The molecule has 2 saturated heterocycles. The molecule has 1 aromatic rings. The number of amides is 3. The summed E-state index contributed by atoms with van der Waals surface area (Å²) in [5.74, 6) is 1.02. The van der Waals surface area contributed by atoms with Crippen LogP contribution in [0.15, 0.2) is 35.2 Å². The summed E-state index contributed by atoms with van der Waals surface area (Å²) < 4.78 is 0. The van der Waals surface area contributed by atoms with Crippen LogP contribution in [0.3, 0.4) is 0 Å². The molecule has 3 amide bonds. The van der Waals surface area contributed by atoms with E-state index in [4.69, 9.17) is 0 Å². The van der Waals surface area contributed by atoms with E-state index in [0.717, 1.165) is 29.9 Å². The number of nitrogens with one attached hydrogen (secondary N) is 3. The van der Waals surface area contributed by atoms with Gasteiger partial charge in [-0.2, -0.15) is 11.8 Å². The van der Waals surface area contributed by atoms with E-state index in [9.17, 15) is 14.4 Å². The van der Waals surface area contributed by atoms with E-state index < -0.39 is 0 Å². The summed E-state index contributed by atoms with van der Waals surface area (Å²) in [7, 11) is 0. The van der Waals surface area contributed by atoms with Crippen molar-refractivity contribution in [2.45, 2.75) is 60.8 Å². The Balaban J connectivity index is 1.20. The van der Waals surface area contributed by atoms with Crippen molar-refractivity contribution in [3.8, 4) is 0 Å². The summed E-state index contributed by atoms with van der Waals surface area (Å²) in [4.78, 5) is 36.2. The Labute approximate surface area is 174 Å². The molecule has 1 aromatic carbocycles. The molecule has 0 aliphatic carbocycles. The zero-order valence-corrected chi connectivity index (χ0v) is 17.4. The lowest BCUT2D eigenvalue weighted by Gasteiger charge is -2.16. The number of carbonyl (C=O) groups excluding carboxylic acids is 3. The summed E-state index contributed by atoms with van der Waals surface area (Å²) in [5, 5.41) is 9.41. The van der Waals surface area contributed by atoms with Gasteiger partial charge < -0.3 is 16.0 Å². The summed E-state index contributed by atoms with van der Waals surface area (Å²) in [6, 6.07) is 10.0. The number of rotatable bonds is 10. The molecule has 2 aliphatic rings. The second-order valence-corrected chi connectivity index (χ2v) is 9.51. The van der Waals surface area contributed by atoms with Gasteiger partial charge in [0.1, 0.15) is 0 Å². The van der Waals surface area contributed by atoms with Crippen molar-refractivity contribution in [2.24, 2.45) is 0 Å². The van der Waals surface area contributed by atoms with Gasteiger partial charge >= 0.3 is 6.03 Å². The van der Waals surface area contributed by atoms with Crippen LogP contribution >= 0.6 is 23.5 Å². The minimum Gasteiger partial charge on any atom is -0.356 e. The van der Waals surface area contributed by atoms with E-state index in [1.807, 2.05) is 42.1 Å². The lowest BCUT2D eigenvalue weighted by atomic mass is 10.0. The number of carbonyl (C=O) groups is 3. The molecule has 6 nitrogen and oxygen atoms in total. The van der Waals surface area contributed by atoms with Gasteiger partial charge in [-0.1, -0.05) is 36.4 Å². The smallest absolute Gasteiger partial charge is 0.315 e. The molecule has 3 N–H and O–H groups in total. The van der Waals surface area contributed by atoms with Crippen molar-refractivity contribution < 1.29 is 14.4 Å². The first kappa shape index (κ1) is 21.0. The Morgan fingerprint density at radius 3 is 2.75 bits per heavy atom. The highest BCUT2D eigenvalue weighted by Crippen LogP contribution is 2.33. The average Bonchev–Trinajstić information content (AvgIpc) is 3.22. The minimum absolute atomic E-state index is 0.0518. The van der Waals surface area contributed by atoms with Gasteiger partial charge in [-0.3, -0.25) is 9.59 Å². The van der Waals surface area contributed by atoms with E-state index >= 15 is 0 Å². The highest BCUT2D eigenvalue weighted by Gasteiger charge is 2.42. The van der Waals surface area contributed by atoms with Crippen LogP contribution < -0.4 is 16.0 Å². The molecule has 3 atom stereocenters. The SMILES string of the molecule is O=C(CCCC[C@@H]1SCC2NC(=O)NC21)NCCCC(=O)Sc1ccccc1. The third-order valence-electron chi connectivity index (χ3n) is 4.94. The third kappa shape index (κ3) is 6.44. The maximum absolute atomic E-state index is 11.9. The third-order valence-corrected chi connectivity index (χ3v) is 7.38. The standard InChI is InChI=1S/C20H27N3O3S2/c24-17(21-12-6-11-18(25)28-14-7-2-1-3-8-14)10-5-4-9-16-19-15(13-27-16)22-20(26)23-19/h1-3,7-8,15-16,19H,4-6,9-13H2,(H,21,24)(H2,22,23,26)/t15?,16-,19?/m0/s1. The van der Waals surface area contributed by atoms with Gasteiger partial charge in [0, 0.05) is 35.3 Å². The molecule has 2 fully saturated rings. The van der Waals surface area contributed by atoms with Crippen molar-refractivity contribution >= 4 is 40.6 Å². The van der Waals surface area contributed by atoms with E-state index in [-0.39, 0.29) is 29.1 Å². The first-order valence-corrected chi connectivity index (χ1v) is 11.7. The van der Waals surface area contributed by atoms with E-state index in [0.29, 0.717) is 31.1 Å². The van der Waals surface area contributed by atoms with Gasteiger partial charge in [0.2, 0.25) is 5.91 Å². The van der Waals surface area contributed by atoms with Gasteiger partial charge in [-0.15, -0.1) is 0 Å². The number of thioether (sulfide) groups is 2. The molecule has 2 heterocycles. The Morgan fingerprint density at radius 1 is 1.11 bits per heavy atom. The largest absolute Gasteiger partial charge is 0.356 e. The summed E-state index contributed by atoms with van der Waals surface area (Å²) >= 11 is 3.16. The van der Waals surface area contributed by atoms with Crippen LogP contribution in [-0.2, 0) is 9.59 Å². The molecule has 3 rings (SSSR count). The van der Waals surface area contributed by atoms with Crippen LogP contribution in [-0.4, -0.2) is 46.7 Å². The Morgan fingerprint density at radius 2 is 1.93 bits per heavy atom. The molecule has 0 bridgehead atoms. The molecular weight excluding hydrogens is 394 g/mol. The maximum atomic E-state index is 11.9. The molecule has 0 radical (unpaired) electrons. The molecule has 28 heavy (non-hydrogen) atoms. The zero-order valence-electron chi connectivity index (χ0n) is 15.8. The molecule has 152 valence electrons. The van der Waals surface area contributed by atoms with Crippen molar-refractivity contribution in [2.75, 3.05) is 12.3 Å². The van der Waals surface area contributed by atoms with Crippen molar-refractivity contribution in [3.05, 3.63) is 30.3 Å². The zero-order chi connectivity index (χ0) is 19.8. The average molecular weight is 422 g/mol. The fourth-order valence-electron chi connectivity index (χ4n) is 3.49. The monoisotopic (exact) mass is 421 g/mol. The number of unbranched alkanes of at least 4 members (excludes halogenated alkanes) is 1. The van der Waals surface area contributed by atoms with Gasteiger partial charge in [0.05, 0.1) is 12.1 Å². The van der Waals surface area contributed by atoms with Crippen molar-refractivity contribution in [1.82, 2.24) is 16.0 Å². The number of benzene rings is 1. The molecule has 0 saturated carbocycles. The van der Waals surface area contributed by atoms with E-state index in [1.165, 1.54) is 11.8 Å². The quantitative estimate of drug-likeness (QED) is 0.307. The summed E-state index contributed by atoms with van der Waals surface area (Å²) in [5.41, 5.74) is 0. The van der Waals surface area contributed by atoms with Crippen LogP contribution in [0, 0.1) is 0 Å². The predicted molar refractivity (Wildman–Crippen MR) is 114 cm³/mol. The molecule has 0 spiro atoms. The van der Waals surface area contributed by atoms with Crippen LogP contribution in [0.25, 0.3) is 0 Å².